The molecule has 1 aromatic rings. The van der Waals surface area contributed by atoms with E-state index in [9.17, 15) is 4.79 Å². The lowest BCUT2D eigenvalue weighted by atomic mass is 9.74. The van der Waals surface area contributed by atoms with Gasteiger partial charge in [-0.15, -0.1) is 0 Å². The van der Waals surface area contributed by atoms with Crippen LogP contribution in [0.1, 0.15) is 37.9 Å². The third-order valence-electron chi connectivity index (χ3n) is 3.88. The molecule has 0 spiro atoms. The van der Waals surface area contributed by atoms with Crippen molar-refractivity contribution in [3.63, 3.8) is 0 Å². The van der Waals surface area contributed by atoms with Crippen molar-refractivity contribution in [2.75, 3.05) is 7.05 Å². The van der Waals surface area contributed by atoms with Crippen molar-refractivity contribution in [3.05, 3.63) is 41.2 Å². The average Bonchev–Trinajstić information content (AvgIpc) is 2.79. The molecule has 0 unspecified atom stereocenters. The first-order valence-electron chi connectivity index (χ1n) is 6.50. The predicted octanol–water partition coefficient (Wildman–Crippen LogP) is 2.37. The Labute approximate surface area is 108 Å². The van der Waals surface area contributed by atoms with Gasteiger partial charge in [0, 0.05) is 18.9 Å². The molecule has 2 rings (SSSR count). The Balaban J connectivity index is 2.59. The number of nitrogens with one attached hydrogen (secondary N) is 1. The van der Waals surface area contributed by atoms with Crippen LogP contribution in [0.15, 0.2) is 30.0 Å². The van der Waals surface area contributed by atoms with E-state index in [2.05, 4.69) is 30.2 Å². The molecule has 1 heterocycles. The topological polar surface area (TPSA) is 42.0 Å². The molecule has 1 aliphatic carbocycles. The molecule has 1 N–H and O–H groups in total. The van der Waals surface area contributed by atoms with Crippen LogP contribution in [0.25, 0.3) is 0 Å². The Kier molecular flexibility index (Phi) is 3.50. The third kappa shape index (κ3) is 1.74. The molecule has 18 heavy (non-hydrogen) atoms. The van der Waals surface area contributed by atoms with E-state index < -0.39 is 5.41 Å². The fourth-order valence-electron chi connectivity index (χ4n) is 2.98. The van der Waals surface area contributed by atoms with E-state index in [0.717, 1.165) is 36.1 Å². The number of carbonyl (C=O) groups excluding carboxylic acids is 1. The van der Waals surface area contributed by atoms with Crippen LogP contribution in [0.3, 0.4) is 0 Å². The Morgan fingerprint density at radius 1 is 1.61 bits per heavy atom. The van der Waals surface area contributed by atoms with Gasteiger partial charge in [-0.2, -0.15) is 0 Å². The molecular formula is C15H20N2O. The first kappa shape index (κ1) is 12.8. The second-order valence-corrected chi connectivity index (χ2v) is 4.78. The van der Waals surface area contributed by atoms with E-state index in [1.165, 1.54) is 0 Å². The van der Waals surface area contributed by atoms with Crippen molar-refractivity contribution in [1.29, 1.82) is 0 Å². The molecule has 1 aromatic heterocycles. The van der Waals surface area contributed by atoms with Crippen LogP contribution >= 0.6 is 0 Å². The van der Waals surface area contributed by atoms with Gasteiger partial charge in [-0.05, 0) is 37.8 Å². The number of hydrogen-bond acceptors (Lipinski definition) is 2. The Hall–Kier alpha value is -1.64. The van der Waals surface area contributed by atoms with Gasteiger partial charge in [0.2, 0.25) is 5.91 Å². The number of pyridine rings is 1. The molecule has 0 saturated heterocycles. The van der Waals surface area contributed by atoms with E-state index in [0.29, 0.717) is 0 Å². The molecule has 1 aliphatic rings. The summed E-state index contributed by atoms with van der Waals surface area (Å²) in [4.78, 5) is 16.8. The predicted molar refractivity (Wildman–Crippen MR) is 72.4 cm³/mol. The second-order valence-electron chi connectivity index (χ2n) is 4.78. The lowest BCUT2D eigenvalue weighted by Gasteiger charge is -2.29. The van der Waals surface area contributed by atoms with Crippen LogP contribution in [-0.4, -0.2) is 17.9 Å². The molecule has 0 radical (unpaired) electrons. The lowest BCUT2D eigenvalue weighted by Crippen LogP contribution is -2.42. The zero-order chi connectivity index (χ0) is 13.2. The van der Waals surface area contributed by atoms with Gasteiger partial charge in [0.1, 0.15) is 0 Å². The zero-order valence-corrected chi connectivity index (χ0v) is 11.3. The molecule has 0 aliphatic heterocycles. The third-order valence-corrected chi connectivity index (χ3v) is 3.88. The van der Waals surface area contributed by atoms with Gasteiger partial charge in [0.05, 0.1) is 5.41 Å². The van der Waals surface area contributed by atoms with E-state index in [-0.39, 0.29) is 5.91 Å². The summed E-state index contributed by atoms with van der Waals surface area (Å²) < 4.78 is 0. The molecule has 0 fully saturated rings. The minimum atomic E-state index is -0.506. The van der Waals surface area contributed by atoms with E-state index in [4.69, 9.17) is 0 Å². The van der Waals surface area contributed by atoms with E-state index >= 15 is 0 Å². The molecule has 3 heteroatoms. The number of allylic oxidation sites excluding steroid dienone is 1. The number of aromatic nitrogens is 1. The highest BCUT2D eigenvalue weighted by Crippen LogP contribution is 2.43. The van der Waals surface area contributed by atoms with Crippen LogP contribution in [0.4, 0.5) is 0 Å². The van der Waals surface area contributed by atoms with Crippen LogP contribution in [0.5, 0.6) is 0 Å². The molecule has 3 nitrogen and oxygen atoms in total. The van der Waals surface area contributed by atoms with E-state index in [1.807, 2.05) is 12.1 Å². The summed E-state index contributed by atoms with van der Waals surface area (Å²) >= 11 is 0. The second kappa shape index (κ2) is 4.92. The summed E-state index contributed by atoms with van der Waals surface area (Å²) in [7, 11) is 1.71. The maximum Gasteiger partial charge on any atom is 0.234 e. The van der Waals surface area contributed by atoms with Crippen LogP contribution in [-0.2, 0) is 16.6 Å². The minimum Gasteiger partial charge on any atom is -0.358 e. The average molecular weight is 244 g/mol. The van der Waals surface area contributed by atoms with Crippen molar-refractivity contribution >= 4 is 5.91 Å². The molecule has 1 atom stereocenters. The number of aryl methyl sites for hydroxylation is 1. The summed E-state index contributed by atoms with van der Waals surface area (Å²) in [5, 5.41) is 2.82. The summed E-state index contributed by atoms with van der Waals surface area (Å²) in [6.45, 7) is 4.15. The summed E-state index contributed by atoms with van der Waals surface area (Å²) in [5.74, 6) is 0.0800. The molecule has 0 saturated carbocycles. The maximum atomic E-state index is 12.4. The Morgan fingerprint density at radius 2 is 2.39 bits per heavy atom. The summed E-state index contributed by atoms with van der Waals surface area (Å²) in [5.41, 5.74) is 2.77. The maximum absolute atomic E-state index is 12.4. The highest BCUT2D eigenvalue weighted by Gasteiger charge is 2.46. The quantitative estimate of drug-likeness (QED) is 0.829. The monoisotopic (exact) mass is 244 g/mol. The highest BCUT2D eigenvalue weighted by molar-refractivity contribution is 5.92. The molecule has 0 aromatic carbocycles. The van der Waals surface area contributed by atoms with Gasteiger partial charge in [-0.1, -0.05) is 24.6 Å². The van der Waals surface area contributed by atoms with Gasteiger partial charge >= 0.3 is 0 Å². The van der Waals surface area contributed by atoms with Crippen molar-refractivity contribution in [2.45, 2.75) is 38.5 Å². The zero-order valence-electron chi connectivity index (χ0n) is 11.3. The van der Waals surface area contributed by atoms with Crippen molar-refractivity contribution in [3.8, 4) is 0 Å². The van der Waals surface area contributed by atoms with Crippen LogP contribution in [0.2, 0.25) is 0 Å². The highest BCUT2D eigenvalue weighted by atomic mass is 16.2. The molecule has 0 bridgehead atoms. The summed E-state index contributed by atoms with van der Waals surface area (Å²) in [6.07, 6.45) is 6.59. The van der Waals surface area contributed by atoms with Crippen LogP contribution < -0.4 is 5.32 Å². The largest absolute Gasteiger partial charge is 0.358 e. The number of amides is 1. The van der Waals surface area contributed by atoms with Crippen molar-refractivity contribution in [2.24, 2.45) is 0 Å². The van der Waals surface area contributed by atoms with Crippen molar-refractivity contribution < 1.29 is 4.79 Å². The molecule has 96 valence electrons. The fraction of sp³-hybridized carbons (Fsp3) is 0.467. The van der Waals surface area contributed by atoms with Crippen molar-refractivity contribution in [1.82, 2.24) is 10.3 Å². The first-order chi connectivity index (χ1) is 8.66. The Bertz CT molecular complexity index is 493. The van der Waals surface area contributed by atoms with Gasteiger partial charge in [0.25, 0.3) is 0 Å². The number of hydrogen-bond donors (Lipinski definition) is 1. The molecule has 1 amide bonds. The van der Waals surface area contributed by atoms with Gasteiger partial charge < -0.3 is 5.32 Å². The summed E-state index contributed by atoms with van der Waals surface area (Å²) in [6, 6.07) is 3.96. The lowest BCUT2D eigenvalue weighted by molar-refractivity contribution is -0.124. The number of likely N-dealkylation sites (N-methyl/N-ethyl adjacent to an activating group) is 1. The van der Waals surface area contributed by atoms with E-state index in [1.54, 1.807) is 13.2 Å². The van der Waals surface area contributed by atoms with Crippen LogP contribution in [0, 0.1) is 0 Å². The number of fused-ring (bicyclic) bond motifs is 1. The minimum absolute atomic E-state index is 0.0800. The fourth-order valence-corrected chi connectivity index (χ4v) is 2.98. The standard InChI is InChI=1S/C15H20N2O/c1-4-6-11(2)15(14(18)16-3)9-8-13-12(15)7-5-10-17-13/h5-7,10H,4,8-9H2,1-3H3,(H,16,18)/b11-6+/t15-/m0/s1. The smallest absolute Gasteiger partial charge is 0.234 e. The SMILES string of the molecule is CC/C=C(\C)[C@@]1(C(=O)NC)CCc2ncccc21. The van der Waals surface area contributed by atoms with Gasteiger partial charge in [-0.3, -0.25) is 9.78 Å². The first-order valence-corrected chi connectivity index (χ1v) is 6.50. The number of carbonyl (C=O) groups is 1. The Morgan fingerprint density at radius 3 is 3.06 bits per heavy atom. The van der Waals surface area contributed by atoms with Gasteiger partial charge in [0.15, 0.2) is 0 Å². The number of rotatable bonds is 3. The van der Waals surface area contributed by atoms with Gasteiger partial charge in [-0.25, -0.2) is 0 Å². The number of nitrogens with zero attached hydrogens (tertiary/aromatic N) is 1. The normalized spacial score (nSPS) is 22.7. The molecular weight excluding hydrogens is 224 g/mol.